The monoisotopic (exact) mass is 273 g/mol. The molecule has 0 saturated carbocycles. The highest BCUT2D eigenvalue weighted by atomic mass is 16.3. The Balaban J connectivity index is 1.99. The van der Waals surface area contributed by atoms with Gasteiger partial charge < -0.3 is 10.0 Å². The Hall–Kier alpha value is -1.61. The van der Waals surface area contributed by atoms with Crippen LogP contribution in [-0.2, 0) is 4.79 Å². The summed E-state index contributed by atoms with van der Waals surface area (Å²) >= 11 is 0. The van der Waals surface area contributed by atoms with Crippen LogP contribution in [0.3, 0.4) is 0 Å². The molecule has 2 rings (SSSR count). The maximum atomic E-state index is 12.3. The van der Waals surface area contributed by atoms with E-state index < -0.39 is 0 Å². The second-order valence-corrected chi connectivity index (χ2v) is 5.38. The van der Waals surface area contributed by atoms with E-state index in [2.05, 4.69) is 0 Å². The van der Waals surface area contributed by atoms with Crippen molar-refractivity contribution in [2.24, 2.45) is 0 Å². The minimum atomic E-state index is 0.0914. The first-order valence-corrected chi connectivity index (χ1v) is 7.37. The number of aliphatic hydroxyl groups excluding tert-OH is 1. The molecule has 1 unspecified atom stereocenters. The van der Waals surface area contributed by atoms with Crippen LogP contribution in [0.15, 0.2) is 30.3 Å². The van der Waals surface area contributed by atoms with E-state index in [0.29, 0.717) is 6.04 Å². The number of likely N-dealkylation sites (tertiary alicyclic amines) is 1. The topological polar surface area (TPSA) is 40.5 Å². The van der Waals surface area contributed by atoms with E-state index in [1.807, 2.05) is 42.2 Å². The molecule has 1 aliphatic rings. The van der Waals surface area contributed by atoms with Crippen LogP contribution in [-0.4, -0.2) is 35.1 Å². The molecule has 0 spiro atoms. The molecule has 0 radical (unpaired) electrons. The minimum Gasteiger partial charge on any atom is -0.396 e. The third kappa shape index (κ3) is 3.70. The second-order valence-electron chi connectivity index (χ2n) is 5.38. The van der Waals surface area contributed by atoms with E-state index in [9.17, 15) is 4.79 Å². The molecule has 1 amide bonds. The lowest BCUT2D eigenvalue weighted by Crippen LogP contribution is -2.34. The summed E-state index contributed by atoms with van der Waals surface area (Å²) < 4.78 is 0. The Labute approximate surface area is 120 Å². The Kier molecular flexibility index (Phi) is 5.36. The molecule has 0 bridgehead atoms. The largest absolute Gasteiger partial charge is 0.396 e. The minimum absolute atomic E-state index is 0.0914. The van der Waals surface area contributed by atoms with Gasteiger partial charge in [-0.05, 0) is 49.8 Å². The molecule has 1 N–H and O–H groups in total. The third-order valence-corrected chi connectivity index (χ3v) is 3.95. The van der Waals surface area contributed by atoms with Gasteiger partial charge in [0.15, 0.2) is 0 Å². The van der Waals surface area contributed by atoms with Crippen LogP contribution < -0.4 is 0 Å². The highest BCUT2D eigenvalue weighted by Crippen LogP contribution is 2.22. The molecule has 20 heavy (non-hydrogen) atoms. The summed E-state index contributed by atoms with van der Waals surface area (Å²) in [5.74, 6) is 0.0914. The molecule has 108 valence electrons. The quantitative estimate of drug-likeness (QED) is 0.838. The summed E-state index contributed by atoms with van der Waals surface area (Å²) in [6.07, 6.45) is 7.39. The molecular weight excluding hydrogens is 250 g/mol. The Morgan fingerprint density at radius 2 is 2.25 bits per heavy atom. The first-order valence-electron chi connectivity index (χ1n) is 7.37. The zero-order valence-corrected chi connectivity index (χ0v) is 12.1. The van der Waals surface area contributed by atoms with Gasteiger partial charge in [0, 0.05) is 25.3 Å². The van der Waals surface area contributed by atoms with Crippen molar-refractivity contribution in [2.75, 3.05) is 13.2 Å². The van der Waals surface area contributed by atoms with E-state index >= 15 is 0 Å². The predicted octanol–water partition coefficient (Wildman–Crippen LogP) is 2.77. The first-order chi connectivity index (χ1) is 9.72. The van der Waals surface area contributed by atoms with Crippen LogP contribution in [0.5, 0.6) is 0 Å². The summed E-state index contributed by atoms with van der Waals surface area (Å²) in [7, 11) is 0. The lowest BCUT2D eigenvalue weighted by Gasteiger charge is -2.23. The fourth-order valence-electron chi connectivity index (χ4n) is 2.78. The maximum absolute atomic E-state index is 12.3. The van der Waals surface area contributed by atoms with Crippen molar-refractivity contribution in [1.82, 2.24) is 4.90 Å². The number of benzene rings is 1. The standard InChI is InChI=1S/C17H23NO2/c1-14-6-2-3-7-15(14)10-11-17(20)18-12-4-8-16(18)9-5-13-19/h2-3,6-7,10-11,16,19H,4-5,8-9,12-13H2,1H3. The third-order valence-electron chi connectivity index (χ3n) is 3.95. The first kappa shape index (κ1) is 14.8. The maximum Gasteiger partial charge on any atom is 0.246 e. The summed E-state index contributed by atoms with van der Waals surface area (Å²) in [5, 5.41) is 8.92. The summed E-state index contributed by atoms with van der Waals surface area (Å²) in [5.41, 5.74) is 2.27. The fourth-order valence-corrected chi connectivity index (χ4v) is 2.78. The summed E-state index contributed by atoms with van der Waals surface area (Å²) in [6, 6.07) is 8.35. The number of carbonyl (C=O) groups is 1. The van der Waals surface area contributed by atoms with Crippen LogP contribution in [0.25, 0.3) is 6.08 Å². The number of nitrogens with zero attached hydrogens (tertiary/aromatic N) is 1. The number of amides is 1. The number of rotatable bonds is 5. The zero-order chi connectivity index (χ0) is 14.4. The van der Waals surface area contributed by atoms with Gasteiger partial charge in [0.1, 0.15) is 0 Å². The molecule has 1 heterocycles. The van der Waals surface area contributed by atoms with Crippen molar-refractivity contribution >= 4 is 12.0 Å². The van der Waals surface area contributed by atoms with E-state index in [0.717, 1.165) is 37.8 Å². The molecule has 1 atom stereocenters. The van der Waals surface area contributed by atoms with Gasteiger partial charge in [-0.15, -0.1) is 0 Å². The van der Waals surface area contributed by atoms with Crippen LogP contribution in [0, 0.1) is 6.92 Å². The van der Waals surface area contributed by atoms with Gasteiger partial charge in [-0.1, -0.05) is 24.3 Å². The lowest BCUT2D eigenvalue weighted by atomic mass is 10.1. The molecule has 1 aromatic rings. The van der Waals surface area contributed by atoms with Gasteiger partial charge in [-0.25, -0.2) is 0 Å². The molecule has 1 aliphatic heterocycles. The van der Waals surface area contributed by atoms with Crippen LogP contribution in [0.1, 0.15) is 36.8 Å². The SMILES string of the molecule is Cc1ccccc1C=CC(=O)N1CCCC1CCCO. The molecule has 1 fully saturated rings. The van der Waals surface area contributed by atoms with E-state index in [1.54, 1.807) is 6.08 Å². The second kappa shape index (κ2) is 7.25. The molecular formula is C17H23NO2. The number of carbonyl (C=O) groups excluding carboxylic acids is 1. The van der Waals surface area contributed by atoms with Crippen molar-refractivity contribution in [3.8, 4) is 0 Å². The van der Waals surface area contributed by atoms with Gasteiger partial charge in [0.05, 0.1) is 0 Å². The van der Waals surface area contributed by atoms with Crippen LogP contribution in [0.4, 0.5) is 0 Å². The summed E-state index contributed by atoms with van der Waals surface area (Å²) in [6.45, 7) is 3.09. The van der Waals surface area contributed by atoms with E-state index in [4.69, 9.17) is 5.11 Å². The van der Waals surface area contributed by atoms with Crippen molar-refractivity contribution < 1.29 is 9.90 Å². The van der Waals surface area contributed by atoms with E-state index in [1.165, 1.54) is 5.56 Å². The van der Waals surface area contributed by atoms with Gasteiger partial charge in [-0.3, -0.25) is 4.79 Å². The van der Waals surface area contributed by atoms with Crippen LogP contribution in [0.2, 0.25) is 0 Å². The van der Waals surface area contributed by atoms with Crippen molar-refractivity contribution in [3.63, 3.8) is 0 Å². The Morgan fingerprint density at radius 1 is 1.45 bits per heavy atom. The van der Waals surface area contributed by atoms with Crippen molar-refractivity contribution in [1.29, 1.82) is 0 Å². The molecule has 3 heteroatoms. The molecule has 0 aliphatic carbocycles. The number of hydrogen-bond acceptors (Lipinski definition) is 2. The van der Waals surface area contributed by atoms with Gasteiger partial charge in [0.25, 0.3) is 0 Å². The molecule has 1 saturated heterocycles. The predicted molar refractivity (Wildman–Crippen MR) is 81.3 cm³/mol. The lowest BCUT2D eigenvalue weighted by molar-refractivity contribution is -0.126. The fraction of sp³-hybridized carbons (Fsp3) is 0.471. The highest BCUT2D eigenvalue weighted by molar-refractivity contribution is 5.92. The molecule has 3 nitrogen and oxygen atoms in total. The zero-order valence-electron chi connectivity index (χ0n) is 12.1. The highest BCUT2D eigenvalue weighted by Gasteiger charge is 2.26. The average Bonchev–Trinajstić information content (AvgIpc) is 2.92. The number of hydrogen-bond donors (Lipinski definition) is 1. The number of aliphatic hydroxyl groups is 1. The van der Waals surface area contributed by atoms with Gasteiger partial charge in [0.2, 0.25) is 5.91 Å². The number of aryl methyl sites for hydroxylation is 1. The van der Waals surface area contributed by atoms with Crippen molar-refractivity contribution in [3.05, 3.63) is 41.5 Å². The summed E-state index contributed by atoms with van der Waals surface area (Å²) in [4.78, 5) is 14.2. The normalized spacial score (nSPS) is 18.9. The van der Waals surface area contributed by atoms with E-state index in [-0.39, 0.29) is 12.5 Å². The Bertz CT molecular complexity index is 482. The average molecular weight is 273 g/mol. The van der Waals surface area contributed by atoms with Crippen molar-refractivity contribution in [2.45, 2.75) is 38.6 Å². The Morgan fingerprint density at radius 3 is 3.00 bits per heavy atom. The molecule has 0 aromatic heterocycles. The van der Waals surface area contributed by atoms with Gasteiger partial charge >= 0.3 is 0 Å². The van der Waals surface area contributed by atoms with Gasteiger partial charge in [-0.2, -0.15) is 0 Å². The smallest absolute Gasteiger partial charge is 0.246 e. The van der Waals surface area contributed by atoms with Crippen LogP contribution >= 0.6 is 0 Å². The molecule has 1 aromatic carbocycles.